The molecule has 0 aliphatic heterocycles. The number of unbranched alkanes of at least 4 members (excludes halogenated alkanes) is 2. The molecule has 0 unspecified atom stereocenters. The van der Waals surface area contributed by atoms with Crippen molar-refractivity contribution in [2.75, 3.05) is 14.2 Å². The first-order chi connectivity index (χ1) is 9.15. The van der Waals surface area contributed by atoms with Gasteiger partial charge in [0.15, 0.2) is 5.92 Å². The molecule has 0 aromatic heterocycles. The van der Waals surface area contributed by atoms with Crippen LogP contribution < -0.4 is 0 Å². The lowest BCUT2D eigenvalue weighted by molar-refractivity contribution is -0.160. The average molecular weight is 268 g/mol. The van der Waals surface area contributed by atoms with E-state index in [9.17, 15) is 9.59 Å². The zero-order valence-corrected chi connectivity index (χ0v) is 12.1. The molecule has 1 atom stereocenters. The molecular formula is C15H24O4. The van der Waals surface area contributed by atoms with E-state index >= 15 is 0 Å². The van der Waals surface area contributed by atoms with Crippen molar-refractivity contribution >= 4 is 11.9 Å². The van der Waals surface area contributed by atoms with Gasteiger partial charge in [-0.2, -0.15) is 0 Å². The molecule has 0 saturated carbocycles. The fraction of sp³-hybridized carbons (Fsp3) is 0.733. The number of rotatable bonds is 7. The predicted molar refractivity (Wildman–Crippen MR) is 72.5 cm³/mol. The first-order valence-corrected chi connectivity index (χ1v) is 7.00. The van der Waals surface area contributed by atoms with Crippen molar-refractivity contribution in [3.8, 4) is 0 Å². The molecule has 108 valence electrons. The van der Waals surface area contributed by atoms with Crippen LogP contribution in [0.25, 0.3) is 0 Å². The lowest BCUT2D eigenvalue weighted by Crippen LogP contribution is -2.33. The molecule has 0 spiro atoms. The van der Waals surface area contributed by atoms with Crippen LogP contribution >= 0.6 is 0 Å². The minimum atomic E-state index is -0.801. The van der Waals surface area contributed by atoms with Crippen molar-refractivity contribution in [1.29, 1.82) is 0 Å². The third-order valence-corrected chi connectivity index (χ3v) is 3.74. The number of hydrogen-bond donors (Lipinski definition) is 0. The Labute approximate surface area is 115 Å². The molecule has 4 nitrogen and oxygen atoms in total. The highest BCUT2D eigenvalue weighted by Gasteiger charge is 2.39. The summed E-state index contributed by atoms with van der Waals surface area (Å²) >= 11 is 0. The molecule has 1 aliphatic rings. The maximum Gasteiger partial charge on any atom is 0.320 e. The van der Waals surface area contributed by atoms with Gasteiger partial charge in [-0.25, -0.2) is 0 Å². The summed E-state index contributed by atoms with van der Waals surface area (Å²) in [5.74, 6) is -1.82. The van der Waals surface area contributed by atoms with Crippen LogP contribution in [-0.2, 0) is 19.1 Å². The minimum absolute atomic E-state index is 0.0447. The summed E-state index contributed by atoms with van der Waals surface area (Å²) in [5, 5.41) is 0. The third-order valence-electron chi connectivity index (χ3n) is 3.74. The highest BCUT2D eigenvalue weighted by molar-refractivity contribution is 5.95. The summed E-state index contributed by atoms with van der Waals surface area (Å²) in [5.41, 5.74) is 1.22. The van der Waals surface area contributed by atoms with Gasteiger partial charge >= 0.3 is 11.9 Å². The largest absolute Gasteiger partial charge is 0.468 e. The molecule has 0 amide bonds. The molecule has 0 fully saturated rings. The fourth-order valence-electron chi connectivity index (χ4n) is 2.71. The topological polar surface area (TPSA) is 52.6 Å². The zero-order valence-electron chi connectivity index (χ0n) is 12.1. The molecule has 1 rings (SSSR count). The zero-order chi connectivity index (χ0) is 14.3. The summed E-state index contributed by atoms with van der Waals surface area (Å²) in [7, 11) is 2.63. The summed E-state index contributed by atoms with van der Waals surface area (Å²) in [6.45, 7) is 2.16. The van der Waals surface area contributed by atoms with E-state index in [0.29, 0.717) is 0 Å². The second-order valence-electron chi connectivity index (χ2n) is 4.94. The van der Waals surface area contributed by atoms with Gasteiger partial charge in [0.1, 0.15) is 0 Å². The van der Waals surface area contributed by atoms with E-state index in [4.69, 9.17) is 9.47 Å². The van der Waals surface area contributed by atoms with Crippen molar-refractivity contribution < 1.29 is 19.1 Å². The fourth-order valence-corrected chi connectivity index (χ4v) is 2.71. The molecule has 19 heavy (non-hydrogen) atoms. The van der Waals surface area contributed by atoms with Crippen LogP contribution in [0.15, 0.2) is 11.6 Å². The molecule has 0 heterocycles. The summed E-state index contributed by atoms with van der Waals surface area (Å²) in [6.07, 6.45) is 8.32. The van der Waals surface area contributed by atoms with E-state index in [0.717, 1.165) is 32.1 Å². The van der Waals surface area contributed by atoms with Gasteiger partial charge in [-0.3, -0.25) is 9.59 Å². The van der Waals surface area contributed by atoms with Crippen molar-refractivity contribution in [3.63, 3.8) is 0 Å². The Morgan fingerprint density at radius 1 is 1.26 bits per heavy atom. The lowest BCUT2D eigenvalue weighted by Gasteiger charge is -2.22. The van der Waals surface area contributed by atoms with Gasteiger partial charge in [0, 0.05) is 5.92 Å². The van der Waals surface area contributed by atoms with Gasteiger partial charge in [0.2, 0.25) is 0 Å². The number of esters is 2. The molecule has 0 aromatic rings. The standard InChI is InChI=1S/C15H24O4/c1-4-5-6-8-11-9-7-10-12(11)13(14(16)18-2)15(17)19-3/h9,12-13H,4-8,10H2,1-3H3/t12-/m0/s1. The predicted octanol–water partition coefficient (Wildman–Crippen LogP) is 2.87. The van der Waals surface area contributed by atoms with Crippen LogP contribution in [0.5, 0.6) is 0 Å². The average Bonchev–Trinajstić information content (AvgIpc) is 2.87. The highest BCUT2D eigenvalue weighted by atomic mass is 16.5. The Balaban J connectivity index is 2.75. The molecule has 0 saturated heterocycles. The second kappa shape index (κ2) is 7.97. The van der Waals surface area contributed by atoms with Crippen LogP contribution in [0, 0.1) is 11.8 Å². The van der Waals surface area contributed by atoms with Gasteiger partial charge < -0.3 is 9.47 Å². The monoisotopic (exact) mass is 268 g/mol. The first-order valence-electron chi connectivity index (χ1n) is 7.00. The van der Waals surface area contributed by atoms with Gasteiger partial charge in [-0.15, -0.1) is 0 Å². The molecule has 0 radical (unpaired) electrons. The SMILES string of the molecule is CCCCCC1=CCC[C@@H]1C(C(=O)OC)C(=O)OC. The highest BCUT2D eigenvalue weighted by Crippen LogP contribution is 2.36. The van der Waals surface area contributed by atoms with Crippen molar-refractivity contribution in [2.45, 2.75) is 45.4 Å². The van der Waals surface area contributed by atoms with Crippen molar-refractivity contribution in [3.05, 3.63) is 11.6 Å². The molecule has 0 aromatic carbocycles. The van der Waals surface area contributed by atoms with Crippen LogP contribution in [-0.4, -0.2) is 26.2 Å². The normalized spacial score (nSPS) is 18.3. The van der Waals surface area contributed by atoms with Crippen LogP contribution in [0.1, 0.15) is 45.4 Å². The quantitative estimate of drug-likeness (QED) is 0.308. The van der Waals surface area contributed by atoms with Crippen molar-refractivity contribution in [1.82, 2.24) is 0 Å². The number of ether oxygens (including phenoxy) is 2. The Morgan fingerprint density at radius 3 is 2.42 bits per heavy atom. The third kappa shape index (κ3) is 4.08. The molecule has 1 aliphatic carbocycles. The Kier molecular flexibility index (Phi) is 6.60. The number of carbonyl (C=O) groups is 2. The van der Waals surface area contributed by atoms with E-state index in [1.165, 1.54) is 26.2 Å². The second-order valence-corrected chi connectivity index (χ2v) is 4.94. The Morgan fingerprint density at radius 2 is 1.89 bits per heavy atom. The van der Waals surface area contributed by atoms with E-state index in [2.05, 4.69) is 13.0 Å². The number of hydrogen-bond acceptors (Lipinski definition) is 4. The van der Waals surface area contributed by atoms with Crippen LogP contribution in [0.2, 0.25) is 0 Å². The van der Waals surface area contributed by atoms with Crippen LogP contribution in [0.3, 0.4) is 0 Å². The van der Waals surface area contributed by atoms with Crippen molar-refractivity contribution in [2.24, 2.45) is 11.8 Å². The summed E-state index contributed by atoms with van der Waals surface area (Å²) in [6, 6.07) is 0. The smallest absolute Gasteiger partial charge is 0.320 e. The number of allylic oxidation sites excluding steroid dienone is 2. The minimum Gasteiger partial charge on any atom is -0.468 e. The lowest BCUT2D eigenvalue weighted by atomic mass is 9.84. The molecular weight excluding hydrogens is 244 g/mol. The van der Waals surface area contributed by atoms with Gasteiger partial charge in [0.05, 0.1) is 14.2 Å². The molecule has 0 N–H and O–H groups in total. The summed E-state index contributed by atoms with van der Waals surface area (Å²) in [4.78, 5) is 23.6. The molecule has 4 heteroatoms. The van der Waals surface area contributed by atoms with E-state index in [-0.39, 0.29) is 5.92 Å². The van der Waals surface area contributed by atoms with E-state index in [1.807, 2.05) is 0 Å². The van der Waals surface area contributed by atoms with E-state index in [1.54, 1.807) is 0 Å². The molecule has 0 bridgehead atoms. The van der Waals surface area contributed by atoms with Gasteiger partial charge in [-0.1, -0.05) is 31.4 Å². The number of methoxy groups -OCH3 is 2. The Hall–Kier alpha value is -1.32. The van der Waals surface area contributed by atoms with Gasteiger partial charge in [0.25, 0.3) is 0 Å². The maximum absolute atomic E-state index is 11.8. The van der Waals surface area contributed by atoms with Crippen LogP contribution in [0.4, 0.5) is 0 Å². The maximum atomic E-state index is 11.8. The number of carbonyl (C=O) groups excluding carboxylic acids is 2. The first kappa shape index (κ1) is 15.7. The Bertz CT molecular complexity index is 330. The summed E-state index contributed by atoms with van der Waals surface area (Å²) < 4.78 is 9.51. The van der Waals surface area contributed by atoms with E-state index < -0.39 is 17.9 Å². The van der Waals surface area contributed by atoms with Gasteiger partial charge in [-0.05, 0) is 25.7 Å².